The lowest BCUT2D eigenvalue weighted by Gasteiger charge is -2.05. The van der Waals surface area contributed by atoms with Gasteiger partial charge in [0.05, 0.1) is 16.2 Å². The molecule has 2 rings (SSSR count). The first-order valence-electron chi connectivity index (χ1n) is 5.90. The Morgan fingerprint density at radius 1 is 1.55 bits per heavy atom. The van der Waals surface area contributed by atoms with Gasteiger partial charge in [-0.3, -0.25) is 4.79 Å². The Morgan fingerprint density at radius 2 is 2.35 bits per heavy atom. The van der Waals surface area contributed by atoms with Crippen molar-refractivity contribution in [3.63, 3.8) is 0 Å². The van der Waals surface area contributed by atoms with E-state index in [1.54, 1.807) is 25.3 Å². The Balaban J connectivity index is 1.78. The third-order valence-electron chi connectivity index (χ3n) is 2.57. The second kappa shape index (κ2) is 6.71. The Hall–Kier alpha value is -1.60. The van der Waals surface area contributed by atoms with Gasteiger partial charge < -0.3 is 11.1 Å². The molecule has 2 aromatic rings. The minimum absolute atomic E-state index is 0.108. The van der Waals surface area contributed by atoms with E-state index in [1.165, 1.54) is 29.2 Å². The number of nitrogens with one attached hydrogen (secondary N) is 1. The van der Waals surface area contributed by atoms with Gasteiger partial charge in [-0.15, -0.1) is 11.8 Å². The molecule has 3 N–H and O–H groups in total. The van der Waals surface area contributed by atoms with Crippen LogP contribution in [0.2, 0.25) is 0 Å². The molecular formula is C13H14FN3OS2. The van der Waals surface area contributed by atoms with Crippen molar-refractivity contribution < 1.29 is 9.18 Å². The van der Waals surface area contributed by atoms with Gasteiger partial charge in [0.2, 0.25) is 5.91 Å². The second-order valence-electron chi connectivity index (χ2n) is 4.17. The van der Waals surface area contributed by atoms with E-state index >= 15 is 0 Å². The van der Waals surface area contributed by atoms with Crippen LogP contribution < -0.4 is 11.1 Å². The van der Waals surface area contributed by atoms with Gasteiger partial charge in [-0.2, -0.15) is 0 Å². The summed E-state index contributed by atoms with van der Waals surface area (Å²) in [5.41, 5.74) is 6.84. The van der Waals surface area contributed by atoms with E-state index in [4.69, 9.17) is 5.73 Å². The highest BCUT2D eigenvalue weighted by atomic mass is 32.2. The number of benzene rings is 1. The topological polar surface area (TPSA) is 68.0 Å². The Kier molecular flexibility index (Phi) is 4.97. The molecule has 1 amide bonds. The average molecular weight is 311 g/mol. The maximum absolute atomic E-state index is 13.3. The summed E-state index contributed by atoms with van der Waals surface area (Å²) in [4.78, 5) is 15.6. The number of aryl methyl sites for hydroxylation is 1. The highest BCUT2D eigenvalue weighted by Crippen LogP contribution is 2.25. The molecule has 0 atom stereocenters. The largest absolute Gasteiger partial charge is 0.375 e. The van der Waals surface area contributed by atoms with Crippen molar-refractivity contribution in [2.75, 3.05) is 11.5 Å². The van der Waals surface area contributed by atoms with E-state index in [1.807, 2.05) is 0 Å². The average Bonchev–Trinajstić information content (AvgIpc) is 2.83. The van der Waals surface area contributed by atoms with Crippen molar-refractivity contribution in [1.29, 1.82) is 0 Å². The van der Waals surface area contributed by atoms with Gasteiger partial charge in [0, 0.05) is 6.54 Å². The van der Waals surface area contributed by atoms with E-state index < -0.39 is 0 Å². The Morgan fingerprint density at radius 3 is 3.00 bits per heavy atom. The number of hydrogen-bond acceptors (Lipinski definition) is 5. The van der Waals surface area contributed by atoms with Crippen molar-refractivity contribution in [2.24, 2.45) is 0 Å². The zero-order chi connectivity index (χ0) is 14.5. The molecule has 20 heavy (non-hydrogen) atoms. The van der Waals surface area contributed by atoms with Crippen LogP contribution in [0.1, 0.15) is 11.1 Å². The van der Waals surface area contributed by atoms with Crippen LogP contribution in [0.15, 0.2) is 28.6 Å². The van der Waals surface area contributed by atoms with Gasteiger partial charge in [0.1, 0.15) is 5.82 Å². The lowest BCUT2D eigenvalue weighted by atomic mass is 10.1. The van der Waals surface area contributed by atoms with Crippen molar-refractivity contribution >= 4 is 34.1 Å². The number of thiazole rings is 1. The van der Waals surface area contributed by atoms with Gasteiger partial charge in [-0.25, -0.2) is 9.37 Å². The molecule has 0 aliphatic rings. The minimum Gasteiger partial charge on any atom is -0.375 e. The summed E-state index contributed by atoms with van der Waals surface area (Å²) in [6.45, 7) is 2.02. The standard InChI is InChI=1S/C13H14FN3OS2/c1-8-2-3-9(4-10(8)14)5-16-11(18)7-19-12-6-17-13(15)20-12/h2-4,6H,5,7H2,1H3,(H2,15,17)(H,16,18). The second-order valence-corrected chi connectivity index (χ2v) is 6.50. The molecule has 0 aliphatic heterocycles. The zero-order valence-electron chi connectivity index (χ0n) is 10.9. The van der Waals surface area contributed by atoms with E-state index in [2.05, 4.69) is 10.3 Å². The molecule has 0 saturated heterocycles. The van der Waals surface area contributed by atoms with Gasteiger partial charge in [-0.1, -0.05) is 23.5 Å². The molecule has 7 heteroatoms. The third-order valence-corrected chi connectivity index (χ3v) is 4.59. The van der Waals surface area contributed by atoms with Crippen molar-refractivity contribution in [3.8, 4) is 0 Å². The molecule has 1 heterocycles. The minimum atomic E-state index is -0.258. The number of thioether (sulfide) groups is 1. The predicted molar refractivity (Wildman–Crippen MR) is 80.2 cm³/mol. The van der Waals surface area contributed by atoms with E-state index in [0.29, 0.717) is 17.2 Å². The lowest BCUT2D eigenvalue weighted by molar-refractivity contribution is -0.118. The fourth-order valence-corrected chi connectivity index (χ4v) is 3.06. The van der Waals surface area contributed by atoms with Crippen molar-refractivity contribution in [3.05, 3.63) is 41.3 Å². The first kappa shape index (κ1) is 14.8. The zero-order valence-corrected chi connectivity index (χ0v) is 12.5. The number of nitrogen functional groups attached to an aromatic ring is 1. The summed E-state index contributed by atoms with van der Waals surface area (Å²) in [6, 6.07) is 4.94. The number of anilines is 1. The number of carbonyl (C=O) groups excluding carboxylic acids is 1. The number of hydrogen-bond donors (Lipinski definition) is 2. The van der Waals surface area contributed by atoms with Gasteiger partial charge in [0.25, 0.3) is 0 Å². The molecule has 106 valence electrons. The Bertz CT molecular complexity index is 615. The van der Waals surface area contributed by atoms with Crippen LogP contribution in [0.4, 0.5) is 9.52 Å². The number of rotatable bonds is 5. The SMILES string of the molecule is Cc1ccc(CNC(=O)CSc2cnc(N)s2)cc1F. The fourth-order valence-electron chi connectivity index (χ4n) is 1.47. The van der Waals surface area contributed by atoms with Gasteiger partial charge in [0.15, 0.2) is 5.13 Å². The molecule has 4 nitrogen and oxygen atoms in total. The van der Waals surface area contributed by atoms with E-state index in [9.17, 15) is 9.18 Å². The summed E-state index contributed by atoms with van der Waals surface area (Å²) >= 11 is 2.73. The summed E-state index contributed by atoms with van der Waals surface area (Å²) in [5.74, 6) is -0.0788. The molecule has 1 aromatic heterocycles. The normalized spacial score (nSPS) is 10.5. The molecule has 0 bridgehead atoms. The molecule has 0 aliphatic carbocycles. The molecule has 0 radical (unpaired) electrons. The van der Waals surface area contributed by atoms with Crippen molar-refractivity contribution in [1.82, 2.24) is 10.3 Å². The van der Waals surface area contributed by atoms with Crippen LogP contribution >= 0.6 is 23.1 Å². The summed E-state index contributed by atoms with van der Waals surface area (Å²) in [6.07, 6.45) is 1.65. The number of nitrogens with zero attached hydrogens (tertiary/aromatic N) is 1. The highest BCUT2D eigenvalue weighted by Gasteiger charge is 2.06. The van der Waals surface area contributed by atoms with Crippen LogP contribution in [0.25, 0.3) is 0 Å². The summed E-state index contributed by atoms with van der Waals surface area (Å²) < 4.78 is 14.2. The molecule has 0 fully saturated rings. The quantitative estimate of drug-likeness (QED) is 0.833. The van der Waals surface area contributed by atoms with E-state index in [0.717, 1.165) is 9.77 Å². The smallest absolute Gasteiger partial charge is 0.230 e. The molecule has 0 saturated carbocycles. The number of carbonyl (C=O) groups is 1. The monoisotopic (exact) mass is 311 g/mol. The first-order valence-corrected chi connectivity index (χ1v) is 7.70. The molecule has 0 unspecified atom stereocenters. The van der Waals surface area contributed by atoms with E-state index in [-0.39, 0.29) is 17.5 Å². The third kappa shape index (κ3) is 4.21. The van der Waals surface area contributed by atoms with Crippen molar-refractivity contribution in [2.45, 2.75) is 17.7 Å². The van der Waals surface area contributed by atoms with Crippen LogP contribution in [0.3, 0.4) is 0 Å². The van der Waals surface area contributed by atoms with Crippen LogP contribution in [0, 0.1) is 12.7 Å². The lowest BCUT2D eigenvalue weighted by Crippen LogP contribution is -2.24. The van der Waals surface area contributed by atoms with Gasteiger partial charge >= 0.3 is 0 Å². The number of aromatic nitrogens is 1. The fraction of sp³-hybridized carbons (Fsp3) is 0.231. The Labute approximate surface area is 124 Å². The molecule has 1 aromatic carbocycles. The summed E-state index contributed by atoms with van der Waals surface area (Å²) in [7, 11) is 0. The number of nitrogens with two attached hydrogens (primary N) is 1. The predicted octanol–water partition coefficient (Wildman–Crippen LogP) is 2.58. The highest BCUT2D eigenvalue weighted by molar-refractivity contribution is 8.01. The maximum Gasteiger partial charge on any atom is 0.230 e. The molecule has 0 spiro atoms. The van der Waals surface area contributed by atoms with Crippen LogP contribution in [-0.2, 0) is 11.3 Å². The van der Waals surface area contributed by atoms with Crippen LogP contribution in [0.5, 0.6) is 0 Å². The number of amides is 1. The van der Waals surface area contributed by atoms with Gasteiger partial charge in [-0.05, 0) is 24.1 Å². The maximum atomic E-state index is 13.3. The first-order chi connectivity index (χ1) is 9.54. The number of halogens is 1. The summed E-state index contributed by atoms with van der Waals surface area (Å²) in [5, 5.41) is 3.24. The van der Waals surface area contributed by atoms with Crippen LogP contribution in [-0.4, -0.2) is 16.6 Å². The molecular weight excluding hydrogens is 297 g/mol.